The van der Waals surface area contributed by atoms with Crippen molar-refractivity contribution in [2.45, 2.75) is 14.9 Å². The molecule has 0 atom stereocenters. The van der Waals surface area contributed by atoms with Crippen molar-refractivity contribution in [1.82, 2.24) is 0 Å². The highest BCUT2D eigenvalue weighted by atomic mass is 32.4. The van der Waals surface area contributed by atoms with E-state index in [4.69, 9.17) is 19.6 Å². The van der Waals surface area contributed by atoms with Gasteiger partial charge in [0.25, 0.3) is 0 Å². The van der Waals surface area contributed by atoms with Crippen LogP contribution in [0.15, 0.2) is 0 Å². The second kappa shape index (κ2) is 12.0. The summed E-state index contributed by atoms with van der Waals surface area (Å²) in [7, 11) is -6.28. The fourth-order valence-corrected chi connectivity index (χ4v) is 0. The fourth-order valence-electron chi connectivity index (χ4n) is 0. The van der Waals surface area contributed by atoms with Crippen molar-refractivity contribution >= 4 is 33.0 Å². The molecule has 0 bridgehead atoms. The molecule has 0 heterocycles. The van der Waals surface area contributed by atoms with Crippen LogP contribution in [0.1, 0.15) is 14.9 Å². The zero-order valence-electron chi connectivity index (χ0n) is 9.36. The lowest BCUT2D eigenvalue weighted by atomic mass is 11.9. The Labute approximate surface area is 110 Å². The lowest BCUT2D eigenvalue weighted by Gasteiger charge is -1.91. The first-order valence-corrected chi connectivity index (χ1v) is 11.8. The third-order valence-electron chi connectivity index (χ3n) is 0. The maximum Gasteiger partial charge on any atom is 0.322 e. The van der Waals surface area contributed by atoms with Crippen LogP contribution < -0.4 is 0 Å². The van der Waals surface area contributed by atoms with Gasteiger partial charge < -0.3 is 19.6 Å². The maximum absolute atomic E-state index is 9.77. The summed E-state index contributed by atoms with van der Waals surface area (Å²) in [6, 6.07) is 0. The minimum Gasteiger partial charge on any atom is -0.366 e. The summed E-state index contributed by atoms with van der Waals surface area (Å²) in [5, 5.41) is 0. The van der Waals surface area contributed by atoms with E-state index in [0.29, 0.717) is 0 Å². The standard InChI is InChI=1S/C2H7O2P.C2H7OPS.CH5O3P.2CH4/c1-5(2,3)4;1-4(2,3)5;1-5(2,3)4;;/h1-2H3,(H,3,4);1-2H3,(H,3,5);1H3,(H2,2,3,4);2*1H4. The van der Waals surface area contributed by atoms with Crippen molar-refractivity contribution in [3.05, 3.63) is 0 Å². The predicted molar refractivity (Wildman–Crippen MR) is 81.5 cm³/mol. The summed E-state index contributed by atoms with van der Waals surface area (Å²) in [4.78, 5) is 31.8. The molecule has 0 saturated carbocycles. The molecular formula is C7H27O6P3S. The van der Waals surface area contributed by atoms with Gasteiger partial charge >= 0.3 is 7.60 Å². The van der Waals surface area contributed by atoms with Crippen molar-refractivity contribution in [3.63, 3.8) is 0 Å². The first kappa shape index (κ1) is 30.8. The van der Waals surface area contributed by atoms with Gasteiger partial charge in [-0.15, -0.1) is 0 Å². The highest BCUT2D eigenvalue weighted by Crippen LogP contribution is 2.28. The molecular weight excluding hydrogens is 305 g/mol. The Morgan fingerprint density at radius 2 is 0.765 bits per heavy atom. The van der Waals surface area contributed by atoms with Gasteiger partial charge in [-0.25, -0.2) is 0 Å². The molecule has 10 heteroatoms. The van der Waals surface area contributed by atoms with Crippen LogP contribution in [-0.2, 0) is 20.9 Å². The Morgan fingerprint density at radius 3 is 0.765 bits per heavy atom. The normalized spacial score (nSPS) is 10.4. The Morgan fingerprint density at radius 1 is 0.765 bits per heavy atom. The van der Waals surface area contributed by atoms with Crippen LogP contribution in [0, 0.1) is 0 Å². The van der Waals surface area contributed by atoms with Gasteiger partial charge in [0.15, 0.2) is 7.37 Å². The highest BCUT2D eigenvalue weighted by Gasteiger charge is 1.95. The van der Waals surface area contributed by atoms with E-state index in [-0.39, 0.29) is 14.9 Å². The van der Waals surface area contributed by atoms with E-state index in [2.05, 4.69) is 11.8 Å². The highest BCUT2D eigenvalue weighted by molar-refractivity contribution is 8.11. The Bertz CT molecular complexity index is 216. The topological polar surface area (TPSA) is 115 Å². The minimum atomic E-state index is -3.64. The lowest BCUT2D eigenvalue weighted by molar-refractivity contribution is 0.381. The molecule has 0 aromatic rings. The van der Waals surface area contributed by atoms with Crippen LogP contribution in [-0.4, -0.2) is 52.9 Å². The SMILES string of the molecule is C.C.CP(=O)(O)O.CP(C)(=O)O.CP(C)(O)=S. The van der Waals surface area contributed by atoms with E-state index in [1.807, 2.05) is 0 Å². The third kappa shape index (κ3) is 4200. The van der Waals surface area contributed by atoms with Crippen LogP contribution in [0.25, 0.3) is 0 Å². The monoisotopic (exact) mass is 332 g/mol. The molecule has 0 rings (SSSR count). The van der Waals surface area contributed by atoms with Crippen molar-refractivity contribution in [2.75, 3.05) is 33.3 Å². The van der Waals surface area contributed by atoms with Gasteiger partial charge in [-0.05, 0) is 13.3 Å². The van der Waals surface area contributed by atoms with Crippen LogP contribution in [0.4, 0.5) is 0 Å². The molecule has 112 valence electrons. The molecule has 0 aliphatic carbocycles. The fraction of sp³-hybridized carbons (Fsp3) is 1.00. The van der Waals surface area contributed by atoms with Gasteiger partial charge in [0, 0.05) is 20.0 Å². The molecule has 6 nitrogen and oxygen atoms in total. The van der Waals surface area contributed by atoms with Crippen LogP contribution in [0.3, 0.4) is 0 Å². The van der Waals surface area contributed by atoms with E-state index in [1.54, 1.807) is 13.3 Å². The molecule has 0 amide bonds. The van der Waals surface area contributed by atoms with Crippen LogP contribution in [0.5, 0.6) is 0 Å². The largest absolute Gasteiger partial charge is 0.366 e. The summed E-state index contributed by atoms with van der Waals surface area (Å²) in [5.74, 6) is 0. The van der Waals surface area contributed by atoms with Crippen molar-refractivity contribution in [1.29, 1.82) is 0 Å². The molecule has 0 unspecified atom stereocenters. The zero-order chi connectivity index (χ0) is 13.5. The minimum absolute atomic E-state index is 0. The summed E-state index contributed by atoms with van der Waals surface area (Å²) in [6.45, 7) is 6.79. The van der Waals surface area contributed by atoms with Gasteiger partial charge in [0.05, 0.1) is 6.26 Å². The molecule has 0 saturated heterocycles. The van der Waals surface area contributed by atoms with Crippen LogP contribution in [0.2, 0.25) is 0 Å². The second-order valence-electron chi connectivity index (χ2n) is 3.42. The smallest absolute Gasteiger partial charge is 0.322 e. The van der Waals surface area contributed by atoms with E-state index in [0.717, 1.165) is 6.66 Å². The van der Waals surface area contributed by atoms with Crippen molar-refractivity contribution in [3.8, 4) is 0 Å². The summed E-state index contributed by atoms with van der Waals surface area (Å²) in [5.41, 5.74) is 0. The Hall–Kier alpha value is 0.950. The van der Waals surface area contributed by atoms with Gasteiger partial charge in [-0.1, -0.05) is 26.7 Å². The van der Waals surface area contributed by atoms with E-state index in [1.165, 1.54) is 13.3 Å². The van der Waals surface area contributed by atoms with E-state index >= 15 is 0 Å². The Balaban J connectivity index is -0.0000000400. The quantitative estimate of drug-likeness (QED) is 0.503. The summed E-state index contributed by atoms with van der Waals surface area (Å²) >= 11 is 4.49. The summed E-state index contributed by atoms with van der Waals surface area (Å²) < 4.78 is 19.1. The Kier molecular flexibility index (Phi) is 21.7. The van der Waals surface area contributed by atoms with Gasteiger partial charge in [0.1, 0.15) is 0 Å². The molecule has 0 aliphatic rings. The molecule has 0 aliphatic heterocycles. The van der Waals surface area contributed by atoms with Crippen molar-refractivity contribution in [2.24, 2.45) is 0 Å². The molecule has 0 aromatic carbocycles. The van der Waals surface area contributed by atoms with Gasteiger partial charge in [0.2, 0.25) is 0 Å². The zero-order valence-corrected chi connectivity index (χ0v) is 12.9. The molecule has 0 fully saturated rings. The first-order valence-electron chi connectivity index (χ1n) is 3.58. The maximum atomic E-state index is 9.77. The van der Waals surface area contributed by atoms with E-state index < -0.39 is 21.2 Å². The van der Waals surface area contributed by atoms with E-state index in [9.17, 15) is 9.13 Å². The number of rotatable bonds is 0. The van der Waals surface area contributed by atoms with Gasteiger partial charge in [-0.2, -0.15) is 0 Å². The molecule has 0 radical (unpaired) electrons. The van der Waals surface area contributed by atoms with Crippen molar-refractivity contribution < 1.29 is 28.7 Å². The second-order valence-corrected chi connectivity index (χ2v) is 13.0. The number of hydrogen-bond acceptors (Lipinski definition) is 3. The van der Waals surface area contributed by atoms with Crippen LogP contribution >= 0.6 is 21.2 Å². The average Bonchev–Trinajstić information content (AvgIpc) is 1.41. The molecule has 17 heavy (non-hydrogen) atoms. The average molecular weight is 332 g/mol. The summed E-state index contributed by atoms with van der Waals surface area (Å²) in [6.07, 6.45) is -1.81. The predicted octanol–water partition coefficient (Wildman–Crippen LogP) is 2.22. The molecule has 0 spiro atoms. The lowest BCUT2D eigenvalue weighted by Crippen LogP contribution is -1.64. The third-order valence-corrected chi connectivity index (χ3v) is 0. The number of hydrogen-bond donors (Lipinski definition) is 4. The van der Waals surface area contributed by atoms with Gasteiger partial charge in [-0.3, -0.25) is 9.13 Å². The molecule has 0 aromatic heterocycles. The first-order chi connectivity index (χ1) is 6.00. The molecule has 4 N–H and O–H groups in total.